The molecule has 0 aliphatic heterocycles. The molecule has 0 amide bonds. The number of rotatable bonds is 2. The van der Waals surface area contributed by atoms with Crippen molar-refractivity contribution >= 4 is 27.2 Å². The predicted molar refractivity (Wildman–Crippen MR) is 63.3 cm³/mol. The van der Waals surface area contributed by atoms with Crippen LogP contribution in [0.5, 0.6) is 0 Å². The Morgan fingerprint density at radius 1 is 0.375 bits per heavy atom. The minimum atomic E-state index is -4.55. The van der Waals surface area contributed by atoms with Gasteiger partial charge in [0.2, 0.25) is 0 Å². The van der Waals surface area contributed by atoms with Crippen molar-refractivity contribution in [1.29, 1.82) is 0 Å². The Morgan fingerprint density at radius 2 is 0.542 bits per heavy atom. The van der Waals surface area contributed by atoms with Gasteiger partial charge in [0.1, 0.15) is 0 Å². The molecule has 0 radical (unpaired) electrons. The van der Waals surface area contributed by atoms with E-state index < -0.39 is 85.4 Å². The van der Waals surface area contributed by atoms with Gasteiger partial charge in [0, 0.05) is 0 Å². The summed E-state index contributed by atoms with van der Waals surface area (Å²) in [6.07, 6.45) is 0. The van der Waals surface area contributed by atoms with Gasteiger partial charge in [-0.1, -0.05) is 0 Å². The Hall–Kier alpha value is -1.44. The fraction of sp³-hybridized carbons (Fsp3) is 0.0769. The van der Waals surface area contributed by atoms with Crippen molar-refractivity contribution in [3.8, 4) is 0 Å². The zero-order valence-corrected chi connectivity index (χ0v) is 13.8. The molecule has 0 spiro atoms. The molecule has 2 aromatic carbocycles. The first-order chi connectivity index (χ1) is 11.0. The van der Waals surface area contributed by atoms with E-state index in [0.29, 0.717) is 4.87 Å². The molecule has 0 saturated carbocycles. The van der Waals surface area contributed by atoms with Crippen molar-refractivity contribution in [2.45, 2.75) is 4.87 Å². The summed E-state index contributed by atoms with van der Waals surface area (Å²) in [5.41, 5.74) is 0. The van der Waals surface area contributed by atoms with Crippen LogP contribution in [0.25, 0.3) is 0 Å². The fourth-order valence-electron chi connectivity index (χ4n) is 1.89. The molecule has 0 fully saturated rings. The van der Waals surface area contributed by atoms with Gasteiger partial charge in [-0.15, -0.1) is 0 Å². The minimum absolute atomic E-state index is 0.708. The van der Waals surface area contributed by atoms with Crippen molar-refractivity contribution in [2.24, 2.45) is 0 Å². The molecule has 2 aromatic rings. The molecule has 0 N–H and O–H groups in total. The Labute approximate surface area is 134 Å². The number of hydrogen-bond acceptors (Lipinski definition) is 0. The van der Waals surface area contributed by atoms with E-state index in [1.165, 1.54) is 0 Å². The molecule has 0 nitrogen and oxygen atoms in total. The van der Waals surface area contributed by atoms with Crippen LogP contribution in [-0.2, 0) is 0 Å². The molecule has 130 valence electrons. The van der Waals surface area contributed by atoms with Crippen LogP contribution in [0.4, 0.5) is 43.9 Å². The Kier molecular flexibility index (Phi) is 5.08. The number of halogens is 10. The van der Waals surface area contributed by atoms with Crippen molar-refractivity contribution in [3.05, 3.63) is 58.2 Å². The summed E-state index contributed by atoms with van der Waals surface area (Å²) in [6.45, 7) is 0. The molecule has 0 saturated heterocycles. The molecular formula is C13H3F10Sb. The van der Waals surface area contributed by atoms with Crippen LogP contribution >= 0.6 is 0 Å². The van der Waals surface area contributed by atoms with Crippen LogP contribution in [0.3, 0.4) is 0 Å². The van der Waals surface area contributed by atoms with E-state index in [0.717, 1.165) is 0 Å². The Balaban J connectivity index is 2.84. The molecule has 0 unspecified atom stereocenters. The predicted octanol–water partition coefficient (Wildman–Crippen LogP) is 3.32. The second-order valence-electron chi connectivity index (χ2n) is 4.40. The van der Waals surface area contributed by atoms with E-state index in [1.54, 1.807) is 0 Å². The van der Waals surface area contributed by atoms with Crippen LogP contribution in [0.2, 0.25) is 4.87 Å². The molecule has 2 rings (SSSR count). The van der Waals surface area contributed by atoms with Crippen molar-refractivity contribution in [3.63, 3.8) is 0 Å². The first-order valence-corrected chi connectivity index (χ1v) is 10.9. The zero-order valence-electron chi connectivity index (χ0n) is 11.2. The summed E-state index contributed by atoms with van der Waals surface area (Å²) >= 11 is -4.55. The summed E-state index contributed by atoms with van der Waals surface area (Å²) in [7, 11) is 0. The summed E-state index contributed by atoms with van der Waals surface area (Å²) in [6, 6.07) is 0. The van der Waals surface area contributed by atoms with Gasteiger partial charge in [-0.2, -0.15) is 0 Å². The van der Waals surface area contributed by atoms with Crippen LogP contribution in [-0.4, -0.2) is 20.2 Å². The first kappa shape index (κ1) is 18.9. The first-order valence-electron chi connectivity index (χ1n) is 5.78. The summed E-state index contributed by atoms with van der Waals surface area (Å²) in [4.78, 5) is 0.708. The molecule has 0 aliphatic rings. The molecule has 0 aliphatic carbocycles. The van der Waals surface area contributed by atoms with Gasteiger partial charge in [-0.25, -0.2) is 0 Å². The second-order valence-corrected chi connectivity index (χ2v) is 10.1. The third-order valence-corrected chi connectivity index (χ3v) is 9.11. The maximum absolute atomic E-state index is 13.7. The van der Waals surface area contributed by atoms with E-state index >= 15 is 0 Å². The van der Waals surface area contributed by atoms with Gasteiger partial charge in [-0.3, -0.25) is 0 Å². The van der Waals surface area contributed by atoms with E-state index in [4.69, 9.17) is 0 Å². The zero-order chi connectivity index (χ0) is 18.5. The van der Waals surface area contributed by atoms with Crippen LogP contribution in [0, 0.1) is 58.2 Å². The monoisotopic (exact) mass is 470 g/mol. The molecule has 11 heteroatoms. The molecular weight excluding hydrogens is 468 g/mol. The SMILES string of the molecule is [CH3][Sb]([c]1c(F)c(F)c(F)c(F)c1F)[c]1c(F)c(F)c(F)c(F)c1F. The Bertz CT molecular complexity index is 720. The summed E-state index contributed by atoms with van der Waals surface area (Å²) < 4.78 is 130. The summed E-state index contributed by atoms with van der Waals surface area (Å²) in [5, 5.41) is 0. The average molecular weight is 471 g/mol. The maximum atomic E-state index is 13.7. The molecule has 24 heavy (non-hydrogen) atoms. The molecule has 0 aromatic heterocycles. The number of hydrogen-bond donors (Lipinski definition) is 0. The Morgan fingerprint density at radius 3 is 0.750 bits per heavy atom. The van der Waals surface area contributed by atoms with Gasteiger partial charge in [0.05, 0.1) is 0 Å². The van der Waals surface area contributed by atoms with Gasteiger partial charge in [-0.05, 0) is 0 Å². The molecule has 0 heterocycles. The van der Waals surface area contributed by atoms with Crippen LogP contribution in [0.1, 0.15) is 0 Å². The third-order valence-electron chi connectivity index (χ3n) is 3.04. The molecule has 0 atom stereocenters. The van der Waals surface area contributed by atoms with E-state index in [9.17, 15) is 43.9 Å². The van der Waals surface area contributed by atoms with Crippen molar-refractivity contribution < 1.29 is 43.9 Å². The molecule has 0 bridgehead atoms. The fourth-order valence-corrected chi connectivity index (χ4v) is 7.01. The topological polar surface area (TPSA) is 0 Å². The number of benzene rings is 2. The summed E-state index contributed by atoms with van der Waals surface area (Å²) in [5.74, 6) is -23.9. The van der Waals surface area contributed by atoms with E-state index in [-0.39, 0.29) is 0 Å². The van der Waals surface area contributed by atoms with Crippen LogP contribution < -0.4 is 7.02 Å². The third kappa shape index (κ3) is 2.64. The second kappa shape index (κ2) is 6.46. The van der Waals surface area contributed by atoms with E-state index in [1.807, 2.05) is 0 Å². The van der Waals surface area contributed by atoms with Gasteiger partial charge in [0.15, 0.2) is 0 Å². The van der Waals surface area contributed by atoms with Gasteiger partial charge >= 0.3 is 134 Å². The van der Waals surface area contributed by atoms with Crippen molar-refractivity contribution in [2.75, 3.05) is 0 Å². The quantitative estimate of drug-likeness (QED) is 0.273. The van der Waals surface area contributed by atoms with Crippen molar-refractivity contribution in [1.82, 2.24) is 0 Å². The van der Waals surface area contributed by atoms with E-state index in [2.05, 4.69) is 0 Å². The van der Waals surface area contributed by atoms with Gasteiger partial charge in [0.25, 0.3) is 0 Å². The standard InChI is InChI=1S/2C6F5.CH3.Sb/c2*7-2-1-3(8)5(10)6(11)4(2)9;;/h;;1H3;. The average Bonchev–Trinajstić information content (AvgIpc) is 2.55. The van der Waals surface area contributed by atoms with Gasteiger partial charge < -0.3 is 0 Å². The normalized spacial score (nSPS) is 11.5. The van der Waals surface area contributed by atoms with Crippen LogP contribution in [0.15, 0.2) is 0 Å².